The smallest absolute Gasteiger partial charge is 0.150 e. The number of rotatable bonds is 22. The van der Waals surface area contributed by atoms with Crippen LogP contribution in [0.1, 0.15) is 26.3 Å². The molecule has 0 aliphatic rings. The molecule has 0 aliphatic carbocycles. The largest absolute Gasteiger partial charge is 0.508 e. The molecule has 6 rings (SSSR count). The maximum atomic E-state index is 10.4. The summed E-state index contributed by atoms with van der Waals surface area (Å²) in [5.74, 6) is 1.65. The van der Waals surface area contributed by atoms with Crippen LogP contribution in [0.5, 0.6) is 17.2 Å². The molecule has 0 heterocycles. The molecule has 11 nitrogen and oxygen atoms in total. The van der Waals surface area contributed by atoms with Crippen molar-refractivity contribution in [3.63, 3.8) is 0 Å². The molecule has 1 N–H and O–H groups in total. The van der Waals surface area contributed by atoms with Gasteiger partial charge in [0, 0.05) is 32.5 Å². The normalized spacial score (nSPS) is 10.8. The molecule has 0 radical (unpaired) electrons. The van der Waals surface area contributed by atoms with Crippen molar-refractivity contribution in [3.05, 3.63) is 187 Å². The van der Waals surface area contributed by atoms with E-state index in [4.69, 9.17) is 49.9 Å². The minimum absolute atomic E-state index is 0.181. The minimum atomic E-state index is -2.56. The number of ether oxygens (including phenoxy) is 8. The summed E-state index contributed by atoms with van der Waals surface area (Å²) in [6.45, 7) is 9.85. The first kappa shape index (κ1) is 57.9. The van der Waals surface area contributed by atoms with Gasteiger partial charge in [-0.3, -0.25) is 9.59 Å². The summed E-state index contributed by atoms with van der Waals surface area (Å²) in [4.78, 5) is 20.4. The van der Waals surface area contributed by atoms with Crippen LogP contribution in [0, 0.1) is 0 Å². The number of alkyl halides is 1. The van der Waals surface area contributed by atoms with E-state index in [0.29, 0.717) is 56.5 Å². The number of hydrogen-bond donors (Lipinski definition) is 1. The van der Waals surface area contributed by atoms with Gasteiger partial charge in [0.1, 0.15) is 35.9 Å². The van der Waals surface area contributed by atoms with Crippen molar-refractivity contribution in [3.8, 4) is 17.2 Å². The monoisotopic (exact) mass is 1020 g/mol. The zero-order valence-corrected chi connectivity index (χ0v) is 41.9. The Hall–Kier alpha value is -5.24. The summed E-state index contributed by atoms with van der Waals surface area (Å²) >= 11 is 9.40. The Morgan fingerprint density at radius 2 is 0.836 bits per heavy atom. The standard InChI is InChI=1S/C19H18BrP.C12H16O3.C11H14O4.C7H6O2.C4H9ClO2/c1-21(20,17-11-5-2-6-12-17,18-13-7-3-8-14-18)19-15-9-4-10-16-19;1-3-11-4-6-12(7-5-11)15-10-14-9-8-13-2;1-13-6-7-14-9-15-11-4-2-10(8-12)3-5-11;8-5-6-1-3-7(9)4-2-6;1-6-2-3-7-4-5/h2-16H,1H3;3-7H,1,8-10H2,2H3;2-5,8H,6-7,9H2,1H3;1-5,9H;2-4H2,1H3. The Balaban J connectivity index is 0.000000302. The summed E-state index contributed by atoms with van der Waals surface area (Å²) in [5, 5.41) is 10.2. The number of benzene rings is 6. The summed E-state index contributed by atoms with van der Waals surface area (Å²) < 4.78 is 39.9. The van der Waals surface area contributed by atoms with Crippen LogP contribution in [0.4, 0.5) is 0 Å². The molecule has 0 fully saturated rings. The molecule has 67 heavy (non-hydrogen) atoms. The average molecular weight is 1020 g/mol. The van der Waals surface area contributed by atoms with Gasteiger partial charge >= 0.3 is 134 Å². The van der Waals surface area contributed by atoms with Crippen LogP contribution in [0.2, 0.25) is 0 Å². The van der Waals surface area contributed by atoms with Gasteiger partial charge in [-0.1, -0.05) is 36.4 Å². The molecule has 0 aliphatic heterocycles. The molecule has 0 bridgehead atoms. The molecule has 0 aromatic heterocycles. The molecule has 0 spiro atoms. The number of methoxy groups -OCH3 is 3. The molecular formula is C53H63BrClO11P. The Labute approximate surface area is 409 Å². The molecule has 0 unspecified atom stereocenters. The van der Waals surface area contributed by atoms with E-state index in [2.05, 4.69) is 124 Å². The predicted octanol–water partition coefficient (Wildman–Crippen LogP) is 10.3. The Morgan fingerprint density at radius 3 is 1.15 bits per heavy atom. The first-order valence-electron chi connectivity index (χ1n) is 21.0. The maximum Gasteiger partial charge on any atom is 0.150 e. The quantitative estimate of drug-likeness (QED) is 0.0229. The van der Waals surface area contributed by atoms with Crippen LogP contribution in [0.3, 0.4) is 0 Å². The van der Waals surface area contributed by atoms with Gasteiger partial charge in [-0.2, -0.15) is 0 Å². The van der Waals surface area contributed by atoms with E-state index in [9.17, 15) is 9.59 Å². The van der Waals surface area contributed by atoms with Crippen molar-refractivity contribution in [2.24, 2.45) is 0 Å². The molecule has 0 atom stereocenters. The summed E-state index contributed by atoms with van der Waals surface area (Å²) in [5.41, 5.74) is 2.28. The van der Waals surface area contributed by atoms with E-state index in [-0.39, 0.29) is 25.4 Å². The molecule has 0 saturated heterocycles. The van der Waals surface area contributed by atoms with Crippen LogP contribution in [-0.4, -0.2) is 105 Å². The van der Waals surface area contributed by atoms with Crippen molar-refractivity contribution in [1.82, 2.24) is 0 Å². The number of carbonyl (C=O) groups excluding carboxylic acids is 2. The fraction of sp³-hybridized carbons (Fsp3) is 0.245. The van der Waals surface area contributed by atoms with E-state index in [0.717, 1.165) is 23.9 Å². The van der Waals surface area contributed by atoms with Gasteiger partial charge in [0.2, 0.25) is 0 Å². The topological polar surface area (TPSA) is 128 Å². The minimum Gasteiger partial charge on any atom is -0.508 e. The molecule has 14 heteroatoms. The van der Waals surface area contributed by atoms with Gasteiger partial charge in [-0.05, 0) is 66.2 Å². The maximum absolute atomic E-state index is 10.4. The number of phenolic OH excluding ortho intramolecular Hbond substituents is 1. The van der Waals surface area contributed by atoms with Crippen molar-refractivity contribution in [2.45, 2.75) is 0 Å². The van der Waals surface area contributed by atoms with Gasteiger partial charge in [0.15, 0.2) is 13.6 Å². The molecular weight excluding hydrogens is 959 g/mol. The molecule has 6 aromatic rings. The van der Waals surface area contributed by atoms with E-state index in [1.54, 1.807) is 63.8 Å². The van der Waals surface area contributed by atoms with Gasteiger partial charge in [0.05, 0.1) is 39.6 Å². The van der Waals surface area contributed by atoms with Crippen molar-refractivity contribution in [1.29, 1.82) is 0 Å². The third-order valence-electron chi connectivity index (χ3n) is 9.26. The van der Waals surface area contributed by atoms with E-state index in [1.807, 2.05) is 24.3 Å². The first-order chi connectivity index (χ1) is 32.6. The van der Waals surface area contributed by atoms with Gasteiger partial charge < -0.3 is 43.0 Å². The van der Waals surface area contributed by atoms with Gasteiger partial charge in [-0.25, -0.2) is 0 Å². The third kappa shape index (κ3) is 22.4. The second kappa shape index (κ2) is 35.0. The third-order valence-corrected chi connectivity index (χ3v) is 17.7. The van der Waals surface area contributed by atoms with Gasteiger partial charge in [0.25, 0.3) is 0 Å². The number of aromatic hydroxyl groups is 1. The fourth-order valence-electron chi connectivity index (χ4n) is 5.51. The van der Waals surface area contributed by atoms with Crippen molar-refractivity contribution < 1.29 is 52.6 Å². The molecule has 6 aromatic carbocycles. The van der Waals surface area contributed by atoms with Crippen LogP contribution in [0.25, 0.3) is 6.08 Å². The van der Waals surface area contributed by atoms with Crippen LogP contribution < -0.4 is 25.4 Å². The van der Waals surface area contributed by atoms with Crippen molar-refractivity contribution >= 4 is 67.0 Å². The van der Waals surface area contributed by atoms with E-state index in [1.165, 1.54) is 28.0 Å². The summed E-state index contributed by atoms with van der Waals surface area (Å²) in [7, 11) is 4.87. The van der Waals surface area contributed by atoms with Crippen LogP contribution in [0.15, 0.2) is 170 Å². The SMILES string of the molecule is C=Cc1ccc(OCOCCOC)cc1.COCCOCCl.COCCOCOc1ccc(C=O)cc1.CP(Br)(c1ccccc1)(c1ccccc1)c1ccccc1.O=Cc1ccc(O)cc1. The number of hydrogen-bond acceptors (Lipinski definition) is 11. The molecule has 0 amide bonds. The number of phenols is 1. The van der Waals surface area contributed by atoms with E-state index < -0.39 is 5.31 Å². The molecule has 0 saturated carbocycles. The van der Waals surface area contributed by atoms with Crippen molar-refractivity contribution in [2.75, 3.05) is 87.3 Å². The van der Waals surface area contributed by atoms with Gasteiger partial charge in [-0.15, -0.1) is 0 Å². The zero-order chi connectivity index (χ0) is 48.9. The number of halogens is 2. The van der Waals surface area contributed by atoms with Crippen LogP contribution >= 0.6 is 32.4 Å². The van der Waals surface area contributed by atoms with Crippen LogP contribution in [-0.2, 0) is 28.4 Å². The second-order valence-electron chi connectivity index (χ2n) is 13.9. The average Bonchev–Trinajstić information content (AvgIpc) is 3.38. The Bertz CT molecular complexity index is 2000. The Kier molecular flexibility index (Phi) is 30.2. The zero-order valence-electron chi connectivity index (χ0n) is 38.6. The second-order valence-corrected chi connectivity index (χ2v) is 23.9. The first-order valence-corrected chi connectivity index (χ1v) is 26.3. The Morgan fingerprint density at radius 1 is 0.507 bits per heavy atom. The van der Waals surface area contributed by atoms with E-state index >= 15 is 0 Å². The summed E-state index contributed by atoms with van der Waals surface area (Å²) in [6.07, 6.45) is 3.32. The summed E-state index contributed by atoms with van der Waals surface area (Å²) in [6, 6.07) is 53.1. The fourth-order valence-corrected chi connectivity index (χ4v) is 11.3. The number of aldehydes is 2. The predicted molar refractivity (Wildman–Crippen MR) is 277 cm³/mol. The number of carbonyl (C=O) groups is 2. The molecule has 360 valence electrons.